The number of carbonyl (C=O) groups is 3. The first-order chi connectivity index (χ1) is 33.3. The van der Waals surface area contributed by atoms with Crippen LogP contribution in [0.1, 0.15) is 89.8 Å². The van der Waals surface area contributed by atoms with Crippen molar-refractivity contribution in [1.29, 1.82) is 0 Å². The summed E-state index contributed by atoms with van der Waals surface area (Å²) in [6, 6.07) is 11.3. The number of phenols is 1. The third-order valence-electron chi connectivity index (χ3n) is 15.9. The van der Waals surface area contributed by atoms with Gasteiger partial charge in [0.2, 0.25) is 17.7 Å². The Balaban J connectivity index is 0.709. The molecule has 5 aliphatic heterocycles. The van der Waals surface area contributed by atoms with E-state index in [0.717, 1.165) is 89.5 Å². The van der Waals surface area contributed by atoms with Crippen molar-refractivity contribution in [1.82, 2.24) is 45.4 Å². The van der Waals surface area contributed by atoms with Gasteiger partial charge >= 0.3 is 0 Å². The van der Waals surface area contributed by atoms with Crippen LogP contribution in [-0.2, 0) is 20.9 Å². The summed E-state index contributed by atoms with van der Waals surface area (Å²) in [6.45, 7) is 14.1. The number of aliphatic hydroxyl groups is 1. The number of fused-ring (bicyclic) bond motifs is 3. The summed E-state index contributed by atoms with van der Waals surface area (Å²) in [5, 5.41) is 39.6. The Morgan fingerprint density at radius 3 is 2.22 bits per heavy atom. The van der Waals surface area contributed by atoms with E-state index in [4.69, 9.17) is 11.2 Å². The SMILES string of the molecule is C#Cc1cnc(CNC(=O)[C@@H]2C[C@@H](O)CN2C(=O)[C@@H](NC(=O)[C@H]2CC[C@@H](N3CCC(N4CCC(N5CCN6c7cc(-c8ccccc8O)nnc7NC[C@H]6C5)CC4)CC3)CC2)C(C)(C)C)c(OC)c1. The fraction of sp³-hybridized carbons (Fsp3) is 0.615. The van der Waals surface area contributed by atoms with Crippen molar-refractivity contribution in [3.05, 3.63) is 53.9 Å². The number of piperazine rings is 1. The first-order valence-corrected chi connectivity index (χ1v) is 25.2. The highest BCUT2D eigenvalue weighted by molar-refractivity contribution is 5.93. The number of rotatable bonds is 11. The Labute approximate surface area is 406 Å². The number of pyridine rings is 1. The predicted molar refractivity (Wildman–Crippen MR) is 263 cm³/mol. The maximum absolute atomic E-state index is 14.3. The number of anilines is 2. The summed E-state index contributed by atoms with van der Waals surface area (Å²) in [6.07, 6.45) is 14.4. The molecular weight excluding hydrogens is 875 g/mol. The van der Waals surface area contributed by atoms with Gasteiger partial charge in [-0.15, -0.1) is 16.6 Å². The Bertz CT molecular complexity index is 2360. The lowest BCUT2D eigenvalue weighted by Gasteiger charge is -2.50. The standard InChI is InChI=1S/C52H71N11O6/c1-6-33-25-46(69-5)42(53-28-33)30-55-50(67)44-26-39(64)32-63(44)51(68)47(52(2,3)4)56-49(66)34-11-13-35(14-12-34)59-19-15-36(16-20-59)60-21-17-37(18-22-60)61-23-24-62-38(31-61)29-54-48-43(62)27-41(57-58-48)40-9-7-8-10-45(40)65/h1,7-10,25,27-28,34-39,44,47,64-65H,11-24,26,29-32H2,2-5H3,(H,54,58)(H,55,67)(H,56,66)/t34-,35+,38-,39+,44-,47+/m0/s1. The smallest absolute Gasteiger partial charge is 0.246 e. The van der Waals surface area contributed by atoms with Crippen molar-refractivity contribution in [3.63, 3.8) is 0 Å². The molecule has 370 valence electrons. The number of aromatic hydroxyl groups is 1. The van der Waals surface area contributed by atoms with Crippen LogP contribution in [0.5, 0.6) is 11.5 Å². The zero-order valence-corrected chi connectivity index (χ0v) is 40.8. The van der Waals surface area contributed by atoms with E-state index in [9.17, 15) is 24.6 Å². The molecule has 0 bridgehead atoms. The maximum atomic E-state index is 14.3. The van der Waals surface area contributed by atoms with Crippen LogP contribution in [0.3, 0.4) is 0 Å². The number of amides is 3. The Morgan fingerprint density at radius 1 is 0.870 bits per heavy atom. The van der Waals surface area contributed by atoms with E-state index in [2.05, 4.69) is 62.7 Å². The van der Waals surface area contributed by atoms with E-state index in [1.165, 1.54) is 43.9 Å². The lowest BCUT2D eigenvalue weighted by Crippen LogP contribution is -2.61. The molecule has 7 heterocycles. The number of methoxy groups -OCH3 is 1. The van der Waals surface area contributed by atoms with Crippen LogP contribution in [0.15, 0.2) is 42.6 Å². The topological polar surface area (TPSA) is 192 Å². The fourth-order valence-corrected chi connectivity index (χ4v) is 11.9. The molecule has 69 heavy (non-hydrogen) atoms. The number of phenolic OH excluding ortho intramolecular Hbond substituents is 1. The number of aromatic nitrogens is 3. The number of likely N-dealkylation sites (tertiary alicyclic amines) is 3. The number of terminal acetylenes is 1. The highest BCUT2D eigenvalue weighted by Crippen LogP contribution is 2.38. The molecular formula is C52H71N11O6. The number of hydrogen-bond acceptors (Lipinski definition) is 14. The molecule has 1 aromatic carbocycles. The zero-order chi connectivity index (χ0) is 48.4. The summed E-state index contributed by atoms with van der Waals surface area (Å²) < 4.78 is 5.42. The molecule has 0 unspecified atom stereocenters. The van der Waals surface area contributed by atoms with E-state index in [-0.39, 0.29) is 43.0 Å². The molecule has 5 N–H and O–H groups in total. The first kappa shape index (κ1) is 48.5. The van der Waals surface area contributed by atoms with E-state index in [0.29, 0.717) is 52.4 Å². The van der Waals surface area contributed by atoms with Gasteiger partial charge in [0.1, 0.15) is 29.3 Å². The number of β-amino-alcohol motifs (C(OH)–C–C–N with tert-alkyl or cyclic N) is 1. The largest absolute Gasteiger partial charge is 0.507 e. The van der Waals surface area contributed by atoms with Gasteiger partial charge in [0, 0.05) is 80.5 Å². The average molecular weight is 946 g/mol. The Kier molecular flexibility index (Phi) is 14.6. The third kappa shape index (κ3) is 10.6. The van der Waals surface area contributed by atoms with Crippen molar-refractivity contribution in [2.45, 2.75) is 127 Å². The average Bonchev–Trinajstić information content (AvgIpc) is 3.78. The molecule has 5 fully saturated rings. The molecule has 3 aromatic rings. The van der Waals surface area contributed by atoms with Gasteiger partial charge in [-0.2, -0.15) is 0 Å². The fourth-order valence-electron chi connectivity index (χ4n) is 11.9. The van der Waals surface area contributed by atoms with Gasteiger partial charge in [-0.05, 0) is 107 Å². The molecule has 0 radical (unpaired) electrons. The molecule has 2 aromatic heterocycles. The quantitative estimate of drug-likeness (QED) is 0.176. The zero-order valence-electron chi connectivity index (χ0n) is 40.8. The van der Waals surface area contributed by atoms with Crippen molar-refractivity contribution in [3.8, 4) is 35.1 Å². The second kappa shape index (κ2) is 20.8. The molecule has 6 aliphatic rings. The third-order valence-corrected chi connectivity index (χ3v) is 15.9. The second-order valence-corrected chi connectivity index (χ2v) is 21.2. The number of aliphatic hydroxyl groups excluding tert-OH is 1. The van der Waals surface area contributed by atoms with Gasteiger partial charge in [0.15, 0.2) is 5.82 Å². The van der Waals surface area contributed by atoms with Crippen molar-refractivity contribution < 1.29 is 29.3 Å². The normalized spacial score (nSPS) is 25.7. The van der Waals surface area contributed by atoms with Crippen LogP contribution >= 0.6 is 0 Å². The predicted octanol–water partition coefficient (Wildman–Crippen LogP) is 3.45. The summed E-state index contributed by atoms with van der Waals surface area (Å²) in [4.78, 5) is 58.2. The van der Waals surface area contributed by atoms with Crippen LogP contribution in [0.25, 0.3) is 11.3 Å². The number of carbonyl (C=O) groups excluding carboxylic acids is 3. The first-order valence-electron chi connectivity index (χ1n) is 25.2. The van der Waals surface area contributed by atoms with Gasteiger partial charge in [0.05, 0.1) is 37.2 Å². The number of piperidine rings is 2. The minimum Gasteiger partial charge on any atom is -0.507 e. The number of nitrogens with one attached hydrogen (secondary N) is 3. The van der Waals surface area contributed by atoms with Gasteiger partial charge in [-0.25, -0.2) is 0 Å². The maximum Gasteiger partial charge on any atom is 0.246 e. The molecule has 1 saturated carbocycles. The number of nitrogens with zero attached hydrogens (tertiary/aromatic N) is 8. The molecule has 17 nitrogen and oxygen atoms in total. The van der Waals surface area contributed by atoms with Gasteiger partial charge in [-0.1, -0.05) is 38.8 Å². The van der Waals surface area contributed by atoms with E-state index in [1.54, 1.807) is 12.1 Å². The van der Waals surface area contributed by atoms with E-state index in [1.807, 2.05) is 39.0 Å². The van der Waals surface area contributed by atoms with Crippen molar-refractivity contribution >= 4 is 29.2 Å². The number of ether oxygens (including phenoxy) is 1. The number of benzene rings is 1. The monoisotopic (exact) mass is 946 g/mol. The van der Waals surface area contributed by atoms with Crippen LogP contribution in [0.4, 0.5) is 11.5 Å². The highest BCUT2D eigenvalue weighted by atomic mass is 16.5. The lowest BCUT2D eigenvalue weighted by molar-refractivity contribution is -0.144. The summed E-state index contributed by atoms with van der Waals surface area (Å²) >= 11 is 0. The molecule has 0 spiro atoms. The van der Waals surface area contributed by atoms with Crippen LogP contribution in [0, 0.1) is 23.7 Å². The van der Waals surface area contributed by atoms with Crippen LogP contribution < -0.4 is 25.6 Å². The summed E-state index contributed by atoms with van der Waals surface area (Å²) in [5.74, 6) is 2.91. The minimum atomic E-state index is -0.900. The Hall–Kier alpha value is -5.54. The van der Waals surface area contributed by atoms with Crippen LogP contribution in [0.2, 0.25) is 0 Å². The lowest BCUT2D eigenvalue weighted by atomic mass is 9.82. The molecule has 4 atom stereocenters. The molecule has 3 amide bonds. The summed E-state index contributed by atoms with van der Waals surface area (Å²) in [5.41, 5.74) is 2.85. The minimum absolute atomic E-state index is 0.00662. The molecule has 4 saturated heterocycles. The molecule has 1 aliphatic carbocycles. The van der Waals surface area contributed by atoms with Gasteiger partial charge in [0.25, 0.3) is 0 Å². The highest BCUT2D eigenvalue weighted by Gasteiger charge is 2.46. The molecule has 9 rings (SSSR count). The second-order valence-electron chi connectivity index (χ2n) is 21.2. The van der Waals surface area contributed by atoms with E-state index >= 15 is 0 Å². The van der Waals surface area contributed by atoms with Gasteiger partial charge in [-0.3, -0.25) is 24.3 Å². The van der Waals surface area contributed by atoms with Crippen molar-refractivity contribution in [2.24, 2.45) is 11.3 Å². The number of para-hydroxylation sites is 1. The molecule has 17 heteroatoms. The number of hydrogen-bond donors (Lipinski definition) is 5. The van der Waals surface area contributed by atoms with E-state index < -0.39 is 29.5 Å². The van der Waals surface area contributed by atoms with Gasteiger partial charge < -0.3 is 50.5 Å². The van der Waals surface area contributed by atoms with Crippen molar-refractivity contribution in [2.75, 3.05) is 76.2 Å². The summed E-state index contributed by atoms with van der Waals surface area (Å²) in [7, 11) is 1.50. The van der Waals surface area contributed by atoms with Crippen LogP contribution in [-0.4, -0.2) is 171 Å². The Morgan fingerprint density at radius 2 is 1.55 bits per heavy atom.